The molecule has 4 aromatic rings. The van der Waals surface area contributed by atoms with Gasteiger partial charge in [-0.2, -0.15) is 0 Å². The van der Waals surface area contributed by atoms with E-state index in [4.69, 9.17) is 0 Å². The summed E-state index contributed by atoms with van der Waals surface area (Å²) in [6, 6.07) is 18.5. The van der Waals surface area contributed by atoms with Crippen molar-refractivity contribution >= 4 is 23.9 Å². The fraction of sp³-hybridized carbons (Fsp3) is 0. The number of pyridine rings is 4. The first-order valence-electron chi connectivity index (χ1n) is 9.71. The molecule has 0 radical (unpaired) electrons. The summed E-state index contributed by atoms with van der Waals surface area (Å²) in [6.45, 7) is 0. The van der Waals surface area contributed by atoms with Crippen LogP contribution in [0.4, 0.5) is 0 Å². The molecule has 190 valence electrons. The van der Waals surface area contributed by atoms with Gasteiger partial charge in [0.15, 0.2) is 0 Å². The van der Waals surface area contributed by atoms with E-state index in [-0.39, 0.29) is 43.8 Å². The Morgan fingerprint density at radius 2 is 0.595 bits per heavy atom. The molecule has 12 nitrogen and oxygen atoms in total. The summed E-state index contributed by atoms with van der Waals surface area (Å²) in [7, 11) is 0. The summed E-state index contributed by atoms with van der Waals surface area (Å²) in [6.07, 6.45) is 5.63. The predicted octanol–water partition coefficient (Wildman–Crippen LogP) is -2.22. The number of carbonyl (C=O) groups excluding carboxylic acids is 4. The number of aromatic nitrogens is 4. The number of carboxylic acids is 4. The summed E-state index contributed by atoms with van der Waals surface area (Å²) >= 11 is 0. The Morgan fingerprint density at radius 3 is 0.676 bits per heavy atom. The Hall–Kier alpha value is -4.83. The Balaban J connectivity index is 0.000000463. The van der Waals surface area contributed by atoms with Crippen LogP contribution >= 0.6 is 0 Å². The summed E-state index contributed by atoms with van der Waals surface area (Å²) in [4.78, 5) is 54.2. The summed E-state index contributed by atoms with van der Waals surface area (Å²) in [5, 5.41) is 40.1. The first kappa shape index (κ1) is 32.2. The average molecular weight is 672 g/mol. The van der Waals surface area contributed by atoms with Gasteiger partial charge in [-0.25, -0.2) is 0 Å². The van der Waals surface area contributed by atoms with Crippen LogP contribution in [0.25, 0.3) is 0 Å². The summed E-state index contributed by atoms with van der Waals surface area (Å²) in [5.41, 5.74) is -0.120. The second-order valence-electron chi connectivity index (χ2n) is 6.01. The van der Waals surface area contributed by atoms with Crippen molar-refractivity contribution < 1.29 is 60.7 Å². The number of aromatic carboxylic acids is 4. The van der Waals surface area contributed by atoms with Crippen LogP contribution < -0.4 is 20.4 Å². The standard InChI is InChI=1S/4C6H5NO2.W/c4*8-6(9)5-3-1-2-4-7-5;/h4*1-4H,(H,8,9);/p-4. The third kappa shape index (κ3) is 14.2. The van der Waals surface area contributed by atoms with Gasteiger partial charge in [0.2, 0.25) is 0 Å². The van der Waals surface area contributed by atoms with Gasteiger partial charge in [0, 0.05) is 45.9 Å². The number of carbonyl (C=O) groups is 4. The quantitative estimate of drug-likeness (QED) is 0.226. The molecule has 0 unspecified atom stereocenters. The van der Waals surface area contributed by atoms with Gasteiger partial charge in [0.1, 0.15) is 0 Å². The molecule has 0 saturated carbocycles. The molecule has 4 heterocycles. The molecule has 0 amide bonds. The minimum absolute atomic E-state index is 0. The first-order chi connectivity index (χ1) is 17.2. The van der Waals surface area contributed by atoms with Crippen LogP contribution in [-0.2, 0) is 21.1 Å². The molecule has 0 atom stereocenters. The van der Waals surface area contributed by atoms with Crippen molar-refractivity contribution in [2.75, 3.05) is 0 Å². The molecule has 0 aliphatic carbocycles. The summed E-state index contributed by atoms with van der Waals surface area (Å²) < 4.78 is 0. The van der Waals surface area contributed by atoms with E-state index in [2.05, 4.69) is 19.9 Å². The van der Waals surface area contributed by atoms with Crippen LogP contribution in [0.2, 0.25) is 0 Å². The Bertz CT molecular complexity index is 1030. The average Bonchev–Trinajstić information content (AvgIpc) is 2.92. The number of rotatable bonds is 4. The van der Waals surface area contributed by atoms with Crippen LogP contribution in [0.15, 0.2) is 97.6 Å². The zero-order valence-electron chi connectivity index (χ0n) is 18.7. The van der Waals surface area contributed by atoms with Gasteiger partial charge in [-0.05, 0) is 48.5 Å². The SMILES string of the molecule is O=C([O-])c1ccccn1.O=C([O-])c1ccccn1.O=C([O-])c1ccccn1.O=C([O-])c1ccccn1.[W]. The van der Waals surface area contributed by atoms with Gasteiger partial charge in [-0.1, -0.05) is 24.3 Å². The van der Waals surface area contributed by atoms with Crippen LogP contribution in [0.3, 0.4) is 0 Å². The van der Waals surface area contributed by atoms with E-state index in [1.165, 1.54) is 49.1 Å². The topological polar surface area (TPSA) is 212 Å². The van der Waals surface area contributed by atoms with Crippen molar-refractivity contribution in [2.24, 2.45) is 0 Å². The molecule has 0 aliphatic rings. The molecular formula is C24H16N4O8W-4. The minimum atomic E-state index is -1.24. The Morgan fingerprint density at radius 1 is 0.405 bits per heavy atom. The van der Waals surface area contributed by atoms with Crippen LogP contribution in [0, 0.1) is 0 Å². The molecule has 0 fully saturated rings. The van der Waals surface area contributed by atoms with E-state index >= 15 is 0 Å². The zero-order chi connectivity index (χ0) is 26.8. The van der Waals surface area contributed by atoms with Crippen molar-refractivity contribution in [3.05, 3.63) is 120 Å². The number of nitrogens with zero attached hydrogens (tertiary/aromatic N) is 4. The molecule has 0 saturated heterocycles. The molecule has 0 aliphatic heterocycles. The third-order valence-corrected chi connectivity index (χ3v) is 3.50. The second kappa shape index (κ2) is 18.5. The molecule has 0 bridgehead atoms. The minimum Gasteiger partial charge on any atom is -0.543 e. The monoisotopic (exact) mass is 672 g/mol. The van der Waals surface area contributed by atoms with E-state index in [0.29, 0.717) is 0 Å². The van der Waals surface area contributed by atoms with Crippen molar-refractivity contribution in [1.29, 1.82) is 0 Å². The molecule has 0 spiro atoms. The van der Waals surface area contributed by atoms with Crippen molar-refractivity contribution in [2.45, 2.75) is 0 Å². The van der Waals surface area contributed by atoms with E-state index in [0.717, 1.165) is 0 Å². The second-order valence-corrected chi connectivity index (χ2v) is 6.01. The van der Waals surface area contributed by atoms with Crippen molar-refractivity contribution in [3.8, 4) is 0 Å². The molecule has 0 aromatic carbocycles. The fourth-order valence-electron chi connectivity index (χ4n) is 1.93. The third-order valence-electron chi connectivity index (χ3n) is 3.50. The normalized spacial score (nSPS) is 8.65. The van der Waals surface area contributed by atoms with Gasteiger partial charge >= 0.3 is 0 Å². The maximum Gasteiger partial charge on any atom is 0.0899 e. The van der Waals surface area contributed by atoms with Gasteiger partial charge in [0.05, 0.1) is 46.7 Å². The number of hydrogen-bond acceptors (Lipinski definition) is 12. The molecular weight excluding hydrogens is 656 g/mol. The van der Waals surface area contributed by atoms with E-state index in [1.807, 2.05) is 0 Å². The van der Waals surface area contributed by atoms with Crippen LogP contribution in [-0.4, -0.2) is 43.8 Å². The summed E-state index contributed by atoms with van der Waals surface area (Å²) in [5.74, 6) is -4.96. The van der Waals surface area contributed by atoms with E-state index < -0.39 is 23.9 Å². The zero-order valence-corrected chi connectivity index (χ0v) is 21.6. The van der Waals surface area contributed by atoms with E-state index in [1.54, 1.807) is 48.5 Å². The predicted molar refractivity (Wildman–Crippen MR) is 114 cm³/mol. The van der Waals surface area contributed by atoms with E-state index in [9.17, 15) is 39.6 Å². The molecule has 4 rings (SSSR count). The molecule has 37 heavy (non-hydrogen) atoms. The Labute approximate surface area is 224 Å². The smallest absolute Gasteiger partial charge is 0.0899 e. The van der Waals surface area contributed by atoms with Crippen molar-refractivity contribution in [3.63, 3.8) is 0 Å². The van der Waals surface area contributed by atoms with Gasteiger partial charge in [-0.3, -0.25) is 19.9 Å². The van der Waals surface area contributed by atoms with Gasteiger partial charge < -0.3 is 39.6 Å². The first-order valence-corrected chi connectivity index (χ1v) is 9.71. The molecule has 13 heteroatoms. The largest absolute Gasteiger partial charge is 0.543 e. The molecule has 0 N–H and O–H groups in total. The maximum atomic E-state index is 10.0. The molecule has 4 aromatic heterocycles. The number of carboxylic acid groups (broad SMARTS) is 4. The maximum absolute atomic E-state index is 10.0. The van der Waals surface area contributed by atoms with Crippen LogP contribution in [0.5, 0.6) is 0 Å². The van der Waals surface area contributed by atoms with Crippen molar-refractivity contribution in [1.82, 2.24) is 19.9 Å². The van der Waals surface area contributed by atoms with Gasteiger partial charge in [-0.15, -0.1) is 0 Å². The van der Waals surface area contributed by atoms with Crippen LogP contribution in [0.1, 0.15) is 42.0 Å². The fourth-order valence-corrected chi connectivity index (χ4v) is 1.93. The number of hydrogen-bond donors (Lipinski definition) is 0. The Kier molecular flexibility index (Phi) is 16.1. The van der Waals surface area contributed by atoms with Gasteiger partial charge in [0.25, 0.3) is 0 Å².